The van der Waals surface area contributed by atoms with Crippen molar-refractivity contribution in [3.8, 4) is 5.75 Å². The largest absolute Gasteiger partial charge is 0.497 e. The molecule has 7 heteroatoms. The van der Waals surface area contributed by atoms with Crippen LogP contribution in [-0.2, 0) is 11.0 Å². The van der Waals surface area contributed by atoms with Gasteiger partial charge in [-0.25, -0.2) is 0 Å². The summed E-state index contributed by atoms with van der Waals surface area (Å²) in [4.78, 5) is 11.6. The average molecular weight is 339 g/mol. The quantitative estimate of drug-likeness (QED) is 0.881. The molecule has 0 aliphatic rings. The molecule has 128 valence electrons. The Kier molecular flexibility index (Phi) is 5.46. The summed E-state index contributed by atoms with van der Waals surface area (Å²) in [6.07, 6.45) is -4.43. The summed E-state index contributed by atoms with van der Waals surface area (Å²) < 4.78 is 43.1. The third-order valence-electron chi connectivity index (χ3n) is 3.47. The Labute approximate surface area is 136 Å². The van der Waals surface area contributed by atoms with E-state index >= 15 is 0 Å². The molecule has 1 amide bonds. The lowest BCUT2D eigenvalue weighted by Crippen LogP contribution is -2.31. The van der Waals surface area contributed by atoms with Gasteiger partial charge in [0.1, 0.15) is 12.4 Å². The molecule has 2 N–H and O–H groups in total. The summed E-state index contributed by atoms with van der Waals surface area (Å²) >= 11 is 0. The summed E-state index contributed by atoms with van der Waals surface area (Å²) in [6.45, 7) is -0.715. The number of rotatable bonds is 5. The number of methoxy groups -OCH3 is 1. The molecule has 24 heavy (non-hydrogen) atoms. The summed E-state index contributed by atoms with van der Waals surface area (Å²) in [7, 11) is 1.51. The van der Waals surface area contributed by atoms with Crippen LogP contribution in [0, 0.1) is 0 Å². The molecule has 0 aliphatic carbocycles. The molecule has 2 aromatic carbocycles. The molecule has 4 nitrogen and oxygen atoms in total. The molecule has 0 saturated carbocycles. The minimum absolute atomic E-state index is 0.468. The van der Waals surface area contributed by atoms with E-state index in [1.165, 1.54) is 19.2 Å². The van der Waals surface area contributed by atoms with E-state index in [1.54, 1.807) is 24.3 Å². The van der Waals surface area contributed by atoms with Crippen molar-refractivity contribution in [1.82, 2.24) is 5.32 Å². The number of hydrogen-bond donors (Lipinski definition) is 2. The van der Waals surface area contributed by atoms with Gasteiger partial charge in [0.2, 0.25) is 5.91 Å². The summed E-state index contributed by atoms with van der Waals surface area (Å²) in [5.74, 6) is -0.0193. The van der Waals surface area contributed by atoms with E-state index in [1.807, 2.05) is 0 Å². The van der Waals surface area contributed by atoms with Crippen LogP contribution in [0.15, 0.2) is 48.5 Å². The maximum Gasteiger partial charge on any atom is 0.416 e. The van der Waals surface area contributed by atoms with E-state index in [0.717, 1.165) is 12.1 Å². The molecule has 0 saturated heterocycles. The highest BCUT2D eigenvalue weighted by Crippen LogP contribution is 2.31. The number of ether oxygens (including phenoxy) is 1. The molecule has 0 fully saturated rings. The van der Waals surface area contributed by atoms with Crippen LogP contribution in [0.25, 0.3) is 0 Å². The molecule has 2 aromatic rings. The van der Waals surface area contributed by atoms with Crippen molar-refractivity contribution in [3.63, 3.8) is 0 Å². The van der Waals surface area contributed by atoms with Crippen molar-refractivity contribution in [1.29, 1.82) is 0 Å². The molecular formula is C17H16F3NO3. The molecular weight excluding hydrogens is 323 g/mol. The highest BCUT2D eigenvalue weighted by Gasteiger charge is 2.30. The van der Waals surface area contributed by atoms with Gasteiger partial charge in [0.15, 0.2) is 0 Å². The first-order valence-corrected chi connectivity index (χ1v) is 7.06. The summed E-state index contributed by atoms with van der Waals surface area (Å²) in [5, 5.41) is 11.5. The summed E-state index contributed by atoms with van der Waals surface area (Å²) in [5.41, 5.74) is 0.348. The monoisotopic (exact) mass is 339 g/mol. The average Bonchev–Trinajstić information content (AvgIpc) is 2.59. The number of alkyl halides is 3. The number of aliphatic hydroxyl groups is 1. The third-order valence-corrected chi connectivity index (χ3v) is 3.47. The molecule has 0 bridgehead atoms. The third kappa shape index (κ3) is 4.26. The molecule has 2 rings (SSSR count). The van der Waals surface area contributed by atoms with E-state index in [2.05, 4.69) is 5.32 Å². The van der Waals surface area contributed by atoms with Crippen LogP contribution < -0.4 is 10.1 Å². The zero-order valence-corrected chi connectivity index (χ0v) is 12.8. The van der Waals surface area contributed by atoms with Crippen LogP contribution >= 0.6 is 0 Å². The van der Waals surface area contributed by atoms with Crippen molar-refractivity contribution in [2.75, 3.05) is 13.7 Å². The van der Waals surface area contributed by atoms with Crippen molar-refractivity contribution in [2.24, 2.45) is 0 Å². The van der Waals surface area contributed by atoms with Crippen molar-refractivity contribution < 1.29 is 27.8 Å². The van der Waals surface area contributed by atoms with Gasteiger partial charge < -0.3 is 15.2 Å². The second kappa shape index (κ2) is 7.35. The Morgan fingerprint density at radius 3 is 2.00 bits per heavy atom. The Morgan fingerprint density at radius 2 is 1.58 bits per heavy atom. The molecule has 0 heterocycles. The second-order valence-electron chi connectivity index (χ2n) is 5.05. The zero-order chi connectivity index (χ0) is 17.7. The smallest absolute Gasteiger partial charge is 0.416 e. The molecule has 1 atom stereocenters. The van der Waals surface area contributed by atoms with Crippen LogP contribution in [0.3, 0.4) is 0 Å². The van der Waals surface area contributed by atoms with Gasteiger partial charge in [0.05, 0.1) is 18.7 Å². The first kappa shape index (κ1) is 17.8. The van der Waals surface area contributed by atoms with Crippen LogP contribution in [-0.4, -0.2) is 24.7 Å². The Morgan fingerprint density at radius 1 is 1.08 bits per heavy atom. The van der Waals surface area contributed by atoms with Gasteiger partial charge in [0, 0.05) is 0 Å². The normalized spacial score (nSPS) is 12.5. The predicted molar refractivity (Wildman–Crippen MR) is 81.5 cm³/mol. The number of carbonyl (C=O) groups excluding carboxylic acids is 1. The SMILES string of the molecule is COc1ccc(C(NC(=O)CO)c2ccc(C(F)(F)F)cc2)cc1. The van der Waals surface area contributed by atoms with Crippen LogP contribution in [0.4, 0.5) is 13.2 Å². The fourth-order valence-electron chi connectivity index (χ4n) is 2.23. The van der Waals surface area contributed by atoms with Gasteiger partial charge in [-0.2, -0.15) is 13.2 Å². The standard InChI is InChI=1S/C17H16F3NO3/c1-24-14-8-4-12(5-9-14)16(21-15(23)10-22)11-2-6-13(7-3-11)17(18,19)20/h2-9,16,22H,10H2,1H3,(H,21,23). The van der Waals surface area contributed by atoms with Gasteiger partial charge in [-0.05, 0) is 35.4 Å². The lowest BCUT2D eigenvalue weighted by molar-refractivity contribution is -0.137. The number of nitrogens with one attached hydrogen (secondary N) is 1. The minimum Gasteiger partial charge on any atom is -0.497 e. The lowest BCUT2D eigenvalue weighted by Gasteiger charge is -2.20. The molecule has 0 aliphatic heterocycles. The van der Waals surface area contributed by atoms with Gasteiger partial charge in [0.25, 0.3) is 0 Å². The van der Waals surface area contributed by atoms with E-state index < -0.39 is 30.3 Å². The fraction of sp³-hybridized carbons (Fsp3) is 0.235. The molecule has 0 aromatic heterocycles. The highest BCUT2D eigenvalue weighted by molar-refractivity contribution is 5.78. The van der Waals surface area contributed by atoms with Crippen molar-refractivity contribution in [3.05, 3.63) is 65.2 Å². The van der Waals surface area contributed by atoms with Gasteiger partial charge in [-0.15, -0.1) is 0 Å². The minimum atomic E-state index is -4.43. The fourth-order valence-corrected chi connectivity index (χ4v) is 2.23. The van der Waals surface area contributed by atoms with Crippen molar-refractivity contribution >= 4 is 5.91 Å². The van der Waals surface area contributed by atoms with Gasteiger partial charge in [-0.1, -0.05) is 24.3 Å². The Bertz CT molecular complexity index is 682. The maximum atomic E-state index is 12.7. The zero-order valence-electron chi connectivity index (χ0n) is 12.8. The molecule has 0 radical (unpaired) electrons. The van der Waals surface area contributed by atoms with E-state index in [9.17, 15) is 18.0 Å². The van der Waals surface area contributed by atoms with Gasteiger partial charge >= 0.3 is 6.18 Å². The van der Waals surface area contributed by atoms with E-state index in [-0.39, 0.29) is 0 Å². The number of carbonyl (C=O) groups is 1. The first-order valence-electron chi connectivity index (χ1n) is 7.06. The van der Waals surface area contributed by atoms with Crippen molar-refractivity contribution in [2.45, 2.75) is 12.2 Å². The molecule has 0 spiro atoms. The predicted octanol–water partition coefficient (Wildman–Crippen LogP) is 2.91. The van der Waals surface area contributed by atoms with E-state index in [4.69, 9.17) is 9.84 Å². The van der Waals surface area contributed by atoms with Crippen LogP contribution in [0.2, 0.25) is 0 Å². The summed E-state index contributed by atoms with van der Waals surface area (Å²) in [6, 6.07) is 10.6. The van der Waals surface area contributed by atoms with E-state index in [0.29, 0.717) is 16.9 Å². The number of hydrogen-bond acceptors (Lipinski definition) is 3. The number of amides is 1. The topological polar surface area (TPSA) is 58.6 Å². The van der Waals surface area contributed by atoms with Crippen LogP contribution in [0.5, 0.6) is 5.75 Å². The van der Waals surface area contributed by atoms with Crippen LogP contribution in [0.1, 0.15) is 22.7 Å². The molecule has 1 unspecified atom stereocenters. The first-order chi connectivity index (χ1) is 11.3. The Hall–Kier alpha value is -2.54. The highest BCUT2D eigenvalue weighted by atomic mass is 19.4. The second-order valence-corrected chi connectivity index (χ2v) is 5.05. The number of aliphatic hydroxyl groups excluding tert-OH is 1. The maximum absolute atomic E-state index is 12.7. The number of halogens is 3. The van der Waals surface area contributed by atoms with Gasteiger partial charge in [-0.3, -0.25) is 4.79 Å². The Balaban J connectivity index is 2.36. The lowest BCUT2D eigenvalue weighted by atomic mass is 9.97. The number of benzene rings is 2.